The van der Waals surface area contributed by atoms with Gasteiger partial charge in [0.25, 0.3) is 5.78 Å². The van der Waals surface area contributed by atoms with E-state index in [4.69, 9.17) is 4.74 Å². The highest BCUT2D eigenvalue weighted by atomic mass is 16.5. The van der Waals surface area contributed by atoms with Gasteiger partial charge in [-0.25, -0.2) is 4.98 Å². The molecule has 5 nitrogen and oxygen atoms in total. The van der Waals surface area contributed by atoms with Crippen LogP contribution in [0.3, 0.4) is 0 Å². The number of hydrogen-bond donors (Lipinski definition) is 0. The van der Waals surface area contributed by atoms with Gasteiger partial charge in [-0.3, -0.25) is 4.40 Å². The van der Waals surface area contributed by atoms with E-state index in [0.29, 0.717) is 5.78 Å². The molecule has 0 amide bonds. The molecule has 3 rings (SSSR count). The molecule has 0 unspecified atom stereocenters. The minimum Gasteiger partial charge on any atom is -0.497 e. The molecule has 17 heavy (non-hydrogen) atoms. The first kappa shape index (κ1) is 9.77. The van der Waals surface area contributed by atoms with Crippen molar-refractivity contribution in [1.29, 1.82) is 0 Å². The Morgan fingerprint density at radius 2 is 2.24 bits per heavy atom. The molecule has 1 aromatic carbocycles. The Kier molecular flexibility index (Phi) is 2.22. The van der Waals surface area contributed by atoms with Crippen LogP contribution in [0.5, 0.6) is 5.75 Å². The first-order valence-corrected chi connectivity index (χ1v) is 5.17. The highest BCUT2D eigenvalue weighted by Crippen LogP contribution is 2.22. The minimum atomic E-state index is 0.588. The van der Waals surface area contributed by atoms with Gasteiger partial charge in [-0.05, 0) is 12.1 Å². The second-order valence-corrected chi connectivity index (χ2v) is 3.58. The maximum atomic E-state index is 5.19. The summed E-state index contributed by atoms with van der Waals surface area (Å²) in [6.45, 7) is 0. The van der Waals surface area contributed by atoms with Gasteiger partial charge >= 0.3 is 0 Å². The average Bonchev–Trinajstić information content (AvgIpc) is 2.82. The Hall–Kier alpha value is -2.43. The van der Waals surface area contributed by atoms with Gasteiger partial charge in [-0.1, -0.05) is 12.1 Å². The fourth-order valence-corrected chi connectivity index (χ4v) is 1.68. The molecule has 0 saturated heterocycles. The summed E-state index contributed by atoms with van der Waals surface area (Å²) in [6.07, 6.45) is 5.36. The molecule has 2 heterocycles. The van der Waals surface area contributed by atoms with Crippen LogP contribution in [0.15, 0.2) is 42.9 Å². The molecule has 0 bridgehead atoms. The highest BCUT2D eigenvalue weighted by molar-refractivity contribution is 5.62. The smallest absolute Gasteiger partial charge is 0.254 e. The molecule has 0 saturated carbocycles. The summed E-state index contributed by atoms with van der Waals surface area (Å²) in [4.78, 5) is 4.39. The van der Waals surface area contributed by atoms with Crippen molar-refractivity contribution >= 4 is 5.78 Å². The highest BCUT2D eigenvalue weighted by Gasteiger charge is 2.05. The molecule has 0 atom stereocenters. The van der Waals surface area contributed by atoms with Crippen molar-refractivity contribution in [2.24, 2.45) is 0 Å². The Labute approximate surface area is 97.7 Å². The molecule has 0 aliphatic rings. The summed E-state index contributed by atoms with van der Waals surface area (Å²) >= 11 is 0. The molecule has 5 heteroatoms. The first-order chi connectivity index (χ1) is 8.36. The number of imidazole rings is 1. The number of ether oxygens (including phenoxy) is 1. The lowest BCUT2D eigenvalue weighted by Gasteiger charge is -2.00. The predicted octanol–water partition coefficient (Wildman–Crippen LogP) is 1.80. The minimum absolute atomic E-state index is 0.588. The van der Waals surface area contributed by atoms with Crippen molar-refractivity contribution in [2.45, 2.75) is 0 Å². The fraction of sp³-hybridized carbons (Fsp3) is 0.0833. The van der Waals surface area contributed by atoms with E-state index in [1.54, 1.807) is 13.3 Å². The van der Waals surface area contributed by atoms with E-state index in [1.807, 2.05) is 41.1 Å². The second-order valence-electron chi connectivity index (χ2n) is 3.58. The van der Waals surface area contributed by atoms with E-state index >= 15 is 0 Å². The van der Waals surface area contributed by atoms with Gasteiger partial charge in [0.15, 0.2) is 0 Å². The van der Waals surface area contributed by atoms with Crippen LogP contribution in [0.2, 0.25) is 0 Å². The van der Waals surface area contributed by atoms with Gasteiger partial charge in [0.1, 0.15) is 5.75 Å². The molecule has 2 aromatic heterocycles. The van der Waals surface area contributed by atoms with Crippen LogP contribution in [-0.2, 0) is 0 Å². The van der Waals surface area contributed by atoms with Crippen molar-refractivity contribution in [1.82, 2.24) is 19.6 Å². The van der Waals surface area contributed by atoms with Crippen LogP contribution in [0.25, 0.3) is 17.0 Å². The topological polar surface area (TPSA) is 52.3 Å². The summed E-state index contributed by atoms with van der Waals surface area (Å²) in [6, 6.07) is 7.76. The zero-order valence-electron chi connectivity index (χ0n) is 9.24. The Balaban J connectivity index is 2.13. The third-order valence-corrected chi connectivity index (χ3v) is 2.52. The van der Waals surface area contributed by atoms with Gasteiger partial charge in [-0.15, -0.1) is 5.10 Å². The lowest BCUT2D eigenvalue weighted by Crippen LogP contribution is -1.87. The van der Waals surface area contributed by atoms with Gasteiger partial charge in [0.2, 0.25) is 0 Å². The third-order valence-electron chi connectivity index (χ3n) is 2.52. The SMILES string of the molecule is COc1cccc(-c2cn3ccnnc3n2)c1. The van der Waals surface area contributed by atoms with Gasteiger partial charge in [-0.2, -0.15) is 5.10 Å². The van der Waals surface area contributed by atoms with Crippen LogP contribution < -0.4 is 4.74 Å². The largest absolute Gasteiger partial charge is 0.497 e. The van der Waals surface area contributed by atoms with Crippen molar-refractivity contribution < 1.29 is 4.74 Å². The summed E-state index contributed by atoms with van der Waals surface area (Å²) in [7, 11) is 1.65. The van der Waals surface area contributed by atoms with Crippen LogP contribution in [0, 0.1) is 0 Å². The van der Waals surface area contributed by atoms with E-state index in [0.717, 1.165) is 17.0 Å². The number of benzene rings is 1. The standard InChI is InChI=1S/C12H10N4O/c1-17-10-4-2-3-9(7-10)11-8-16-6-5-13-15-12(16)14-11/h2-8H,1H3. The number of fused-ring (bicyclic) bond motifs is 1. The van der Waals surface area contributed by atoms with Crippen molar-refractivity contribution in [3.63, 3.8) is 0 Å². The van der Waals surface area contributed by atoms with Crippen molar-refractivity contribution in [3.8, 4) is 17.0 Å². The Morgan fingerprint density at radius 1 is 1.29 bits per heavy atom. The number of hydrogen-bond acceptors (Lipinski definition) is 4. The van der Waals surface area contributed by atoms with Crippen LogP contribution >= 0.6 is 0 Å². The Bertz CT molecular complexity index is 629. The molecular weight excluding hydrogens is 216 g/mol. The lowest BCUT2D eigenvalue weighted by molar-refractivity contribution is 0.415. The normalized spacial score (nSPS) is 10.6. The molecule has 0 aliphatic carbocycles. The second kappa shape index (κ2) is 3.86. The molecule has 3 aromatic rings. The lowest BCUT2D eigenvalue weighted by atomic mass is 10.1. The summed E-state index contributed by atoms with van der Waals surface area (Å²) in [5.74, 6) is 1.40. The van der Waals surface area contributed by atoms with E-state index in [-0.39, 0.29) is 0 Å². The molecule has 84 valence electrons. The predicted molar refractivity (Wildman–Crippen MR) is 62.8 cm³/mol. The average molecular weight is 226 g/mol. The van der Waals surface area contributed by atoms with Crippen LogP contribution in [0.1, 0.15) is 0 Å². The zero-order chi connectivity index (χ0) is 11.7. The molecule has 0 fully saturated rings. The number of aromatic nitrogens is 4. The molecule has 0 radical (unpaired) electrons. The van der Waals surface area contributed by atoms with Crippen LogP contribution in [0.4, 0.5) is 0 Å². The van der Waals surface area contributed by atoms with E-state index in [9.17, 15) is 0 Å². The maximum Gasteiger partial charge on any atom is 0.254 e. The quantitative estimate of drug-likeness (QED) is 0.668. The maximum absolute atomic E-state index is 5.19. The van der Waals surface area contributed by atoms with Crippen molar-refractivity contribution in [3.05, 3.63) is 42.9 Å². The molecular formula is C12H10N4O. The van der Waals surface area contributed by atoms with Crippen molar-refractivity contribution in [2.75, 3.05) is 7.11 Å². The third kappa shape index (κ3) is 1.71. The molecule has 0 spiro atoms. The fourth-order valence-electron chi connectivity index (χ4n) is 1.68. The summed E-state index contributed by atoms with van der Waals surface area (Å²) < 4.78 is 7.02. The van der Waals surface area contributed by atoms with E-state index in [1.165, 1.54) is 0 Å². The summed E-state index contributed by atoms with van der Waals surface area (Å²) in [5, 5.41) is 7.74. The van der Waals surface area contributed by atoms with Gasteiger partial charge < -0.3 is 4.74 Å². The summed E-state index contributed by atoms with van der Waals surface area (Å²) in [5.41, 5.74) is 1.85. The van der Waals surface area contributed by atoms with Gasteiger partial charge in [0.05, 0.1) is 19.0 Å². The van der Waals surface area contributed by atoms with E-state index < -0.39 is 0 Å². The van der Waals surface area contributed by atoms with Crippen LogP contribution in [-0.4, -0.2) is 26.7 Å². The molecule has 0 aliphatic heterocycles. The molecule has 0 N–H and O–H groups in total. The number of nitrogens with zero attached hydrogens (tertiary/aromatic N) is 4. The Morgan fingerprint density at radius 3 is 3.06 bits per heavy atom. The van der Waals surface area contributed by atoms with Gasteiger partial charge in [0, 0.05) is 18.0 Å². The first-order valence-electron chi connectivity index (χ1n) is 5.17. The van der Waals surface area contributed by atoms with E-state index in [2.05, 4.69) is 15.2 Å². The monoisotopic (exact) mass is 226 g/mol. The number of rotatable bonds is 2. The zero-order valence-corrected chi connectivity index (χ0v) is 9.24. The number of methoxy groups -OCH3 is 1.